The Morgan fingerprint density at radius 2 is 1.69 bits per heavy atom. The molecule has 0 saturated carbocycles. The highest BCUT2D eigenvalue weighted by atomic mass is 35.5. The zero-order valence-corrected chi connectivity index (χ0v) is 11.3. The van der Waals surface area contributed by atoms with Gasteiger partial charge in [0, 0.05) is 11.1 Å². The maximum Gasteiger partial charge on any atom is 0.166 e. The van der Waals surface area contributed by atoms with Gasteiger partial charge in [-0.2, -0.15) is 0 Å². The number of benzene rings is 1. The van der Waals surface area contributed by atoms with Crippen LogP contribution in [0.4, 0.5) is 0 Å². The molecule has 1 rings (SSSR count). The van der Waals surface area contributed by atoms with Gasteiger partial charge in [-0.05, 0) is 50.7 Å². The molecular formula is C12H17ClN2S. The number of thiocarbonyl (C=S) groups is 1. The molecule has 2 nitrogen and oxygen atoms in total. The largest absolute Gasteiger partial charge is 0.361 e. The minimum atomic E-state index is 0.177. The SMILES string of the molecule is CC(C)NC(=S)N[C@H](C)c1ccc(Cl)cc1. The first-order valence-corrected chi connectivity index (χ1v) is 6.10. The number of halogens is 1. The van der Waals surface area contributed by atoms with Crippen LogP contribution in [-0.2, 0) is 0 Å². The summed E-state index contributed by atoms with van der Waals surface area (Å²) in [5.74, 6) is 0. The molecule has 0 aliphatic carbocycles. The van der Waals surface area contributed by atoms with Gasteiger partial charge in [0.2, 0.25) is 0 Å². The number of hydrogen-bond acceptors (Lipinski definition) is 1. The van der Waals surface area contributed by atoms with E-state index in [0.717, 1.165) is 10.6 Å². The predicted octanol–water partition coefficient (Wildman–Crippen LogP) is 3.27. The monoisotopic (exact) mass is 256 g/mol. The van der Waals surface area contributed by atoms with Gasteiger partial charge >= 0.3 is 0 Å². The lowest BCUT2D eigenvalue weighted by atomic mass is 10.1. The summed E-state index contributed by atoms with van der Waals surface area (Å²) in [6.07, 6.45) is 0. The van der Waals surface area contributed by atoms with E-state index < -0.39 is 0 Å². The number of nitrogens with one attached hydrogen (secondary N) is 2. The van der Waals surface area contributed by atoms with Crippen LogP contribution in [0.25, 0.3) is 0 Å². The minimum Gasteiger partial charge on any atom is -0.361 e. The van der Waals surface area contributed by atoms with Gasteiger partial charge in [-0.15, -0.1) is 0 Å². The fourth-order valence-electron chi connectivity index (χ4n) is 1.34. The molecule has 0 radical (unpaired) electrons. The second-order valence-electron chi connectivity index (χ2n) is 4.05. The molecule has 0 spiro atoms. The smallest absolute Gasteiger partial charge is 0.166 e. The Bertz CT molecular complexity index is 349. The van der Waals surface area contributed by atoms with Crippen molar-refractivity contribution in [3.05, 3.63) is 34.9 Å². The van der Waals surface area contributed by atoms with E-state index in [4.69, 9.17) is 23.8 Å². The molecule has 1 aromatic carbocycles. The molecule has 16 heavy (non-hydrogen) atoms. The van der Waals surface area contributed by atoms with Crippen molar-refractivity contribution in [1.82, 2.24) is 10.6 Å². The van der Waals surface area contributed by atoms with Gasteiger partial charge < -0.3 is 10.6 Å². The molecule has 0 heterocycles. The lowest BCUT2D eigenvalue weighted by Gasteiger charge is -2.19. The summed E-state index contributed by atoms with van der Waals surface area (Å²) in [5, 5.41) is 7.80. The van der Waals surface area contributed by atoms with Crippen molar-refractivity contribution in [2.75, 3.05) is 0 Å². The van der Waals surface area contributed by atoms with Crippen LogP contribution in [0.2, 0.25) is 5.02 Å². The summed E-state index contributed by atoms with van der Waals surface area (Å²) >= 11 is 11.0. The molecule has 1 atom stereocenters. The van der Waals surface area contributed by atoms with E-state index in [1.807, 2.05) is 24.3 Å². The Labute approximate surface area is 107 Å². The Hall–Kier alpha value is -0.800. The molecule has 0 saturated heterocycles. The van der Waals surface area contributed by atoms with Crippen molar-refractivity contribution in [3.63, 3.8) is 0 Å². The molecule has 0 aromatic heterocycles. The molecule has 0 unspecified atom stereocenters. The Morgan fingerprint density at radius 3 is 2.19 bits per heavy atom. The van der Waals surface area contributed by atoms with E-state index in [0.29, 0.717) is 11.2 Å². The van der Waals surface area contributed by atoms with Crippen LogP contribution >= 0.6 is 23.8 Å². The van der Waals surface area contributed by atoms with Gasteiger partial charge in [-0.25, -0.2) is 0 Å². The summed E-state index contributed by atoms with van der Waals surface area (Å²) < 4.78 is 0. The molecule has 4 heteroatoms. The fraction of sp³-hybridized carbons (Fsp3) is 0.417. The Kier molecular flexibility index (Phi) is 5.03. The van der Waals surface area contributed by atoms with Crippen LogP contribution in [0.3, 0.4) is 0 Å². The van der Waals surface area contributed by atoms with E-state index in [1.54, 1.807) is 0 Å². The van der Waals surface area contributed by atoms with Gasteiger partial charge in [-0.3, -0.25) is 0 Å². The van der Waals surface area contributed by atoms with Crippen LogP contribution in [-0.4, -0.2) is 11.2 Å². The quantitative estimate of drug-likeness (QED) is 0.812. The van der Waals surface area contributed by atoms with Gasteiger partial charge in [0.1, 0.15) is 0 Å². The fourth-order valence-corrected chi connectivity index (χ4v) is 1.87. The molecule has 0 aliphatic heterocycles. The van der Waals surface area contributed by atoms with Gasteiger partial charge in [-0.1, -0.05) is 23.7 Å². The number of hydrogen-bond donors (Lipinski definition) is 2. The standard InChI is InChI=1S/C12H17ClN2S/c1-8(2)14-12(16)15-9(3)10-4-6-11(13)7-5-10/h4-9H,1-3H3,(H2,14,15,16)/t9-/m1/s1. The summed E-state index contributed by atoms with van der Waals surface area (Å²) in [5.41, 5.74) is 1.16. The van der Waals surface area contributed by atoms with Crippen molar-refractivity contribution < 1.29 is 0 Å². The lowest BCUT2D eigenvalue weighted by molar-refractivity contribution is 0.664. The van der Waals surface area contributed by atoms with E-state index in [9.17, 15) is 0 Å². The normalized spacial score (nSPS) is 12.3. The second-order valence-corrected chi connectivity index (χ2v) is 4.89. The highest BCUT2D eigenvalue weighted by molar-refractivity contribution is 7.80. The van der Waals surface area contributed by atoms with E-state index in [-0.39, 0.29) is 6.04 Å². The van der Waals surface area contributed by atoms with Crippen LogP contribution in [0.5, 0.6) is 0 Å². The maximum absolute atomic E-state index is 5.83. The molecule has 0 amide bonds. The van der Waals surface area contributed by atoms with Crippen molar-refractivity contribution in [2.24, 2.45) is 0 Å². The van der Waals surface area contributed by atoms with Gasteiger partial charge in [0.05, 0.1) is 6.04 Å². The first-order valence-electron chi connectivity index (χ1n) is 5.31. The predicted molar refractivity (Wildman–Crippen MR) is 73.9 cm³/mol. The topological polar surface area (TPSA) is 24.1 Å². The lowest BCUT2D eigenvalue weighted by Crippen LogP contribution is -2.40. The molecule has 0 aliphatic rings. The molecule has 0 fully saturated rings. The van der Waals surface area contributed by atoms with Gasteiger partial charge in [0.15, 0.2) is 5.11 Å². The minimum absolute atomic E-state index is 0.177. The third-order valence-corrected chi connectivity index (χ3v) is 2.63. The van der Waals surface area contributed by atoms with Crippen molar-refractivity contribution in [2.45, 2.75) is 32.9 Å². The second kappa shape index (κ2) is 6.06. The Morgan fingerprint density at radius 1 is 1.12 bits per heavy atom. The van der Waals surface area contributed by atoms with E-state index >= 15 is 0 Å². The van der Waals surface area contributed by atoms with Crippen molar-refractivity contribution in [1.29, 1.82) is 0 Å². The zero-order chi connectivity index (χ0) is 12.1. The third kappa shape index (κ3) is 4.37. The summed E-state index contributed by atoms with van der Waals surface area (Å²) in [7, 11) is 0. The van der Waals surface area contributed by atoms with Crippen molar-refractivity contribution in [3.8, 4) is 0 Å². The molecule has 2 N–H and O–H groups in total. The first kappa shape index (κ1) is 13.3. The average Bonchev–Trinajstić information content (AvgIpc) is 2.16. The van der Waals surface area contributed by atoms with E-state index in [2.05, 4.69) is 31.4 Å². The molecule has 0 bridgehead atoms. The van der Waals surface area contributed by atoms with Gasteiger partial charge in [0.25, 0.3) is 0 Å². The maximum atomic E-state index is 5.83. The van der Waals surface area contributed by atoms with Crippen LogP contribution in [0, 0.1) is 0 Å². The van der Waals surface area contributed by atoms with E-state index in [1.165, 1.54) is 0 Å². The molecular weight excluding hydrogens is 240 g/mol. The summed E-state index contributed by atoms with van der Waals surface area (Å²) in [6.45, 7) is 6.18. The molecule has 88 valence electrons. The zero-order valence-electron chi connectivity index (χ0n) is 9.75. The highest BCUT2D eigenvalue weighted by Gasteiger charge is 2.07. The third-order valence-electron chi connectivity index (χ3n) is 2.14. The van der Waals surface area contributed by atoms with Crippen LogP contribution in [0.1, 0.15) is 32.4 Å². The molecule has 1 aromatic rings. The average molecular weight is 257 g/mol. The van der Waals surface area contributed by atoms with Crippen molar-refractivity contribution >= 4 is 28.9 Å². The highest BCUT2D eigenvalue weighted by Crippen LogP contribution is 2.15. The number of rotatable bonds is 3. The first-order chi connectivity index (χ1) is 7.49. The summed E-state index contributed by atoms with van der Waals surface area (Å²) in [6, 6.07) is 8.28. The van der Waals surface area contributed by atoms with Crippen LogP contribution in [0.15, 0.2) is 24.3 Å². The summed E-state index contributed by atoms with van der Waals surface area (Å²) in [4.78, 5) is 0. The van der Waals surface area contributed by atoms with Crippen LogP contribution < -0.4 is 10.6 Å². The Balaban J connectivity index is 2.55.